The number of H-pyrrole nitrogens is 1. The van der Waals surface area contributed by atoms with Crippen molar-refractivity contribution in [1.29, 1.82) is 0 Å². The van der Waals surface area contributed by atoms with Crippen molar-refractivity contribution < 1.29 is 9.18 Å². The fourth-order valence-corrected chi connectivity index (χ4v) is 3.93. The van der Waals surface area contributed by atoms with E-state index in [1.165, 1.54) is 35.1 Å². The highest BCUT2D eigenvalue weighted by Gasteiger charge is 2.25. The molecule has 2 aromatic heterocycles. The number of aromatic amines is 1. The third-order valence-corrected chi connectivity index (χ3v) is 5.56. The second-order valence-corrected chi connectivity index (χ2v) is 7.78. The summed E-state index contributed by atoms with van der Waals surface area (Å²) in [6.45, 7) is 1.24. The summed E-state index contributed by atoms with van der Waals surface area (Å²) < 4.78 is 14.8. The average Bonchev–Trinajstić information content (AvgIpc) is 2.79. The predicted molar refractivity (Wildman–Crippen MR) is 118 cm³/mol. The molecule has 1 saturated heterocycles. The monoisotopic (exact) mass is 437 g/mol. The highest BCUT2D eigenvalue weighted by Crippen LogP contribution is 2.22. The Hall–Kier alpha value is -3.75. The van der Waals surface area contributed by atoms with Gasteiger partial charge >= 0.3 is 0 Å². The van der Waals surface area contributed by atoms with Crippen molar-refractivity contribution in [2.75, 3.05) is 18.0 Å². The summed E-state index contributed by atoms with van der Waals surface area (Å²) in [4.78, 5) is 41.2. The van der Waals surface area contributed by atoms with Gasteiger partial charge in [-0.05, 0) is 55.2 Å². The summed E-state index contributed by atoms with van der Waals surface area (Å²) in [6.07, 6.45) is 4.29. The van der Waals surface area contributed by atoms with Crippen LogP contribution in [-0.2, 0) is 6.54 Å². The van der Waals surface area contributed by atoms with E-state index < -0.39 is 11.5 Å². The van der Waals surface area contributed by atoms with Crippen molar-refractivity contribution in [2.45, 2.75) is 31.8 Å². The molecule has 1 aliphatic heterocycles. The highest BCUT2D eigenvalue weighted by molar-refractivity contribution is 5.93. The summed E-state index contributed by atoms with van der Waals surface area (Å²) in [7, 11) is 0. The van der Waals surface area contributed by atoms with Gasteiger partial charge in [0.1, 0.15) is 17.2 Å². The molecular weight excluding hydrogens is 413 g/mol. The molecule has 2 N–H and O–H groups in total. The molecule has 1 aliphatic rings. The molecule has 0 bridgehead atoms. The van der Waals surface area contributed by atoms with Gasteiger partial charge in [0.15, 0.2) is 0 Å². The second-order valence-electron chi connectivity index (χ2n) is 7.78. The van der Waals surface area contributed by atoms with Gasteiger partial charge in [0, 0.05) is 31.4 Å². The van der Waals surface area contributed by atoms with Gasteiger partial charge in [0.05, 0.1) is 6.54 Å². The Balaban J connectivity index is 1.51. The van der Waals surface area contributed by atoms with E-state index in [1.54, 1.807) is 24.3 Å². The molecule has 4 rings (SSSR count). The van der Waals surface area contributed by atoms with Gasteiger partial charge in [-0.15, -0.1) is 0 Å². The topological polar surface area (TPSA) is 100 Å². The van der Waals surface area contributed by atoms with Crippen molar-refractivity contribution in [3.05, 3.63) is 92.4 Å². The maximum Gasteiger partial charge on any atom is 0.267 e. The number of nitrogens with zero attached hydrogens (tertiary/aromatic N) is 3. The number of amides is 1. The lowest BCUT2D eigenvalue weighted by molar-refractivity contribution is 0.0948. The SMILES string of the molecule is O=C(NCC1CCCCN1c1ccc(=O)n(Cc2cccc(F)c2)n1)c1ccc[nH]c1=O. The van der Waals surface area contributed by atoms with Crippen molar-refractivity contribution in [2.24, 2.45) is 0 Å². The minimum Gasteiger partial charge on any atom is -0.350 e. The van der Waals surface area contributed by atoms with Crippen molar-refractivity contribution in [3.63, 3.8) is 0 Å². The van der Waals surface area contributed by atoms with Crippen LogP contribution in [0.2, 0.25) is 0 Å². The van der Waals surface area contributed by atoms with Crippen molar-refractivity contribution in [1.82, 2.24) is 20.1 Å². The Labute approximate surface area is 183 Å². The number of hydrogen-bond donors (Lipinski definition) is 2. The third kappa shape index (κ3) is 4.93. The number of carbonyl (C=O) groups excluding carboxylic acids is 1. The van der Waals surface area contributed by atoms with E-state index in [1.807, 2.05) is 0 Å². The van der Waals surface area contributed by atoms with E-state index in [0.29, 0.717) is 17.9 Å². The lowest BCUT2D eigenvalue weighted by Gasteiger charge is -2.36. The molecule has 3 aromatic rings. The van der Waals surface area contributed by atoms with Gasteiger partial charge in [-0.2, -0.15) is 5.10 Å². The van der Waals surface area contributed by atoms with E-state index in [4.69, 9.17) is 0 Å². The highest BCUT2D eigenvalue weighted by atomic mass is 19.1. The van der Waals surface area contributed by atoms with Crippen LogP contribution in [0.25, 0.3) is 0 Å². The van der Waals surface area contributed by atoms with E-state index in [0.717, 1.165) is 25.8 Å². The number of carbonyl (C=O) groups is 1. The number of piperidine rings is 1. The minimum atomic E-state index is -0.434. The zero-order valence-electron chi connectivity index (χ0n) is 17.5. The summed E-state index contributed by atoms with van der Waals surface area (Å²) >= 11 is 0. The molecule has 0 saturated carbocycles. The Morgan fingerprint density at radius 2 is 2.03 bits per heavy atom. The molecule has 8 nitrogen and oxygen atoms in total. The lowest BCUT2D eigenvalue weighted by Crippen LogP contribution is -2.48. The number of pyridine rings is 1. The van der Waals surface area contributed by atoms with Gasteiger partial charge in [-0.1, -0.05) is 12.1 Å². The molecule has 9 heteroatoms. The maximum absolute atomic E-state index is 13.5. The van der Waals surface area contributed by atoms with Crippen molar-refractivity contribution >= 4 is 11.7 Å². The van der Waals surface area contributed by atoms with Crippen LogP contribution < -0.4 is 21.3 Å². The Morgan fingerprint density at radius 1 is 1.16 bits per heavy atom. The third-order valence-electron chi connectivity index (χ3n) is 5.56. The van der Waals surface area contributed by atoms with E-state index in [9.17, 15) is 18.8 Å². The average molecular weight is 437 g/mol. The van der Waals surface area contributed by atoms with Crippen LogP contribution in [0.3, 0.4) is 0 Å². The molecule has 0 spiro atoms. The summed E-state index contributed by atoms with van der Waals surface area (Å²) in [5.74, 6) is -0.172. The summed E-state index contributed by atoms with van der Waals surface area (Å²) in [5.41, 5.74) is 0.00341. The van der Waals surface area contributed by atoms with Gasteiger partial charge in [0.2, 0.25) is 0 Å². The smallest absolute Gasteiger partial charge is 0.267 e. The molecule has 0 radical (unpaired) electrons. The molecule has 32 heavy (non-hydrogen) atoms. The fourth-order valence-electron chi connectivity index (χ4n) is 3.93. The van der Waals surface area contributed by atoms with Gasteiger partial charge in [-0.25, -0.2) is 9.07 Å². The zero-order valence-corrected chi connectivity index (χ0v) is 17.5. The first kappa shape index (κ1) is 21.5. The number of nitrogens with one attached hydrogen (secondary N) is 2. The maximum atomic E-state index is 13.5. The van der Waals surface area contributed by atoms with Crippen LogP contribution >= 0.6 is 0 Å². The molecule has 166 valence electrons. The molecule has 1 unspecified atom stereocenters. The van der Waals surface area contributed by atoms with Gasteiger partial charge < -0.3 is 15.2 Å². The van der Waals surface area contributed by atoms with E-state index in [2.05, 4.69) is 20.3 Å². The van der Waals surface area contributed by atoms with Crippen LogP contribution in [0.5, 0.6) is 0 Å². The number of aromatic nitrogens is 3. The molecule has 1 amide bonds. The van der Waals surface area contributed by atoms with Crippen LogP contribution in [0, 0.1) is 5.82 Å². The molecule has 1 atom stereocenters. The lowest BCUT2D eigenvalue weighted by atomic mass is 10.0. The summed E-state index contributed by atoms with van der Waals surface area (Å²) in [6, 6.07) is 12.3. The number of benzene rings is 1. The van der Waals surface area contributed by atoms with Gasteiger partial charge in [-0.3, -0.25) is 14.4 Å². The predicted octanol–water partition coefficient (Wildman–Crippen LogP) is 1.91. The first-order valence-electron chi connectivity index (χ1n) is 10.6. The molecule has 1 fully saturated rings. The fraction of sp³-hybridized carbons (Fsp3) is 0.304. The second kappa shape index (κ2) is 9.59. The number of halogens is 1. The number of anilines is 1. The van der Waals surface area contributed by atoms with E-state index in [-0.39, 0.29) is 29.5 Å². The minimum absolute atomic E-state index is 0.0249. The number of hydrogen-bond acceptors (Lipinski definition) is 5. The van der Waals surface area contributed by atoms with Crippen LogP contribution in [-0.4, -0.2) is 39.8 Å². The van der Waals surface area contributed by atoms with Crippen LogP contribution in [0.4, 0.5) is 10.2 Å². The number of rotatable bonds is 6. The molecule has 1 aromatic carbocycles. The largest absolute Gasteiger partial charge is 0.350 e. The van der Waals surface area contributed by atoms with Gasteiger partial charge in [0.25, 0.3) is 17.0 Å². The standard InChI is InChI=1S/C23H24FN5O3/c24-17-6-3-5-16(13-17)15-29-21(30)10-9-20(27-29)28-12-2-1-7-18(28)14-26-23(32)19-8-4-11-25-22(19)31/h3-6,8-11,13,18H,1-2,7,12,14-15H2,(H,25,31)(H,26,32). The van der Waals surface area contributed by atoms with Crippen molar-refractivity contribution in [3.8, 4) is 0 Å². The van der Waals surface area contributed by atoms with Crippen LogP contribution in [0.1, 0.15) is 35.2 Å². The quantitative estimate of drug-likeness (QED) is 0.614. The molecule has 0 aliphatic carbocycles. The first-order chi connectivity index (χ1) is 15.5. The Kier molecular flexibility index (Phi) is 6.44. The normalized spacial score (nSPS) is 16.0. The zero-order chi connectivity index (χ0) is 22.5. The summed E-state index contributed by atoms with van der Waals surface area (Å²) in [5, 5.41) is 7.35. The van der Waals surface area contributed by atoms with Crippen LogP contribution in [0.15, 0.2) is 64.3 Å². The Bertz CT molecular complexity index is 1220. The first-order valence-corrected chi connectivity index (χ1v) is 10.6. The van der Waals surface area contributed by atoms with E-state index >= 15 is 0 Å². The molecule has 3 heterocycles. The Morgan fingerprint density at radius 3 is 2.84 bits per heavy atom. The molecular formula is C23H24FN5O3.